The standard InChI is InChI=1S/C5H12O3S/c6-3-5-1-2-9(7,8)4-5/h5-8H,1-4H2. The van der Waals surface area contributed by atoms with Crippen molar-refractivity contribution < 1.29 is 14.2 Å². The number of hydrogen-bond donors (Lipinski definition) is 3. The van der Waals surface area contributed by atoms with Crippen LogP contribution in [0, 0.1) is 5.92 Å². The first-order valence-electron chi connectivity index (χ1n) is 2.98. The van der Waals surface area contributed by atoms with Crippen LogP contribution in [0.15, 0.2) is 0 Å². The molecule has 0 radical (unpaired) electrons. The maximum atomic E-state index is 9.02. The van der Waals surface area contributed by atoms with Crippen molar-refractivity contribution in [1.82, 2.24) is 0 Å². The van der Waals surface area contributed by atoms with Crippen molar-refractivity contribution in [3.8, 4) is 0 Å². The third kappa shape index (κ3) is 1.82. The fourth-order valence-corrected chi connectivity index (χ4v) is 2.95. The second-order valence-corrected chi connectivity index (χ2v) is 4.86. The van der Waals surface area contributed by atoms with Crippen LogP contribution in [0.1, 0.15) is 6.42 Å². The first-order valence-corrected chi connectivity index (χ1v) is 4.87. The van der Waals surface area contributed by atoms with Gasteiger partial charge in [-0.15, -0.1) is 0 Å². The zero-order chi connectivity index (χ0) is 6.91. The Bertz CT molecular complexity index is 104. The van der Waals surface area contributed by atoms with Crippen LogP contribution in [-0.4, -0.2) is 32.3 Å². The van der Waals surface area contributed by atoms with Crippen molar-refractivity contribution in [3.63, 3.8) is 0 Å². The molecule has 1 saturated heterocycles. The van der Waals surface area contributed by atoms with Gasteiger partial charge in [0.1, 0.15) is 0 Å². The van der Waals surface area contributed by atoms with Gasteiger partial charge in [-0.05, 0) is 6.42 Å². The Morgan fingerprint density at radius 1 is 1.44 bits per heavy atom. The molecule has 9 heavy (non-hydrogen) atoms. The Kier molecular flexibility index (Phi) is 2.00. The number of aliphatic hydroxyl groups is 1. The normalized spacial score (nSPS) is 36.6. The molecule has 1 aliphatic heterocycles. The van der Waals surface area contributed by atoms with Gasteiger partial charge in [0.25, 0.3) is 0 Å². The minimum atomic E-state index is -2.27. The highest BCUT2D eigenvalue weighted by Gasteiger charge is 2.27. The largest absolute Gasteiger partial charge is 0.396 e. The van der Waals surface area contributed by atoms with E-state index in [1.165, 1.54) is 0 Å². The van der Waals surface area contributed by atoms with Crippen molar-refractivity contribution >= 4 is 10.6 Å². The molecule has 4 heteroatoms. The maximum Gasteiger partial charge on any atom is 0.0474 e. The van der Waals surface area contributed by atoms with Gasteiger partial charge in [0.15, 0.2) is 0 Å². The highest BCUT2D eigenvalue weighted by atomic mass is 32.3. The second kappa shape index (κ2) is 2.46. The molecule has 56 valence electrons. The van der Waals surface area contributed by atoms with Crippen LogP contribution < -0.4 is 0 Å². The summed E-state index contributed by atoms with van der Waals surface area (Å²) >= 11 is 0. The van der Waals surface area contributed by atoms with E-state index in [0.29, 0.717) is 11.5 Å². The van der Waals surface area contributed by atoms with Gasteiger partial charge in [0.05, 0.1) is 0 Å². The van der Waals surface area contributed by atoms with Crippen LogP contribution in [-0.2, 0) is 0 Å². The fourth-order valence-electron chi connectivity index (χ4n) is 1.04. The molecule has 1 fully saturated rings. The van der Waals surface area contributed by atoms with Crippen molar-refractivity contribution in [1.29, 1.82) is 0 Å². The molecular formula is C5H12O3S. The van der Waals surface area contributed by atoms with Gasteiger partial charge in [-0.1, -0.05) is 0 Å². The van der Waals surface area contributed by atoms with Crippen molar-refractivity contribution in [2.45, 2.75) is 6.42 Å². The summed E-state index contributed by atoms with van der Waals surface area (Å²) < 4.78 is 18.0. The van der Waals surface area contributed by atoms with Crippen LogP contribution in [0.3, 0.4) is 0 Å². The maximum absolute atomic E-state index is 9.02. The van der Waals surface area contributed by atoms with E-state index in [4.69, 9.17) is 14.2 Å². The molecule has 1 rings (SSSR count). The van der Waals surface area contributed by atoms with Crippen LogP contribution in [0.2, 0.25) is 0 Å². The third-order valence-corrected chi connectivity index (χ3v) is 3.51. The Hall–Kier alpha value is 0.230. The zero-order valence-corrected chi connectivity index (χ0v) is 5.97. The molecule has 0 amide bonds. The van der Waals surface area contributed by atoms with Crippen molar-refractivity contribution in [2.24, 2.45) is 5.92 Å². The van der Waals surface area contributed by atoms with Crippen molar-refractivity contribution in [3.05, 3.63) is 0 Å². The molecule has 0 aromatic carbocycles. The predicted molar refractivity (Wildman–Crippen MR) is 37.8 cm³/mol. The number of rotatable bonds is 1. The van der Waals surface area contributed by atoms with Gasteiger partial charge < -0.3 is 5.11 Å². The van der Waals surface area contributed by atoms with Crippen LogP contribution in [0.5, 0.6) is 0 Å². The highest BCUT2D eigenvalue weighted by molar-refractivity contribution is 8.24. The molecule has 1 unspecified atom stereocenters. The molecule has 3 N–H and O–H groups in total. The van der Waals surface area contributed by atoms with E-state index in [2.05, 4.69) is 0 Å². The first kappa shape index (κ1) is 7.34. The van der Waals surface area contributed by atoms with Gasteiger partial charge in [-0.2, -0.15) is 10.6 Å². The highest BCUT2D eigenvalue weighted by Crippen LogP contribution is 2.47. The lowest BCUT2D eigenvalue weighted by atomic mass is 10.1. The quantitative estimate of drug-likeness (QED) is 0.519. The minimum Gasteiger partial charge on any atom is -0.396 e. The summed E-state index contributed by atoms with van der Waals surface area (Å²) in [5, 5.41) is 8.59. The van der Waals surface area contributed by atoms with Crippen LogP contribution in [0.4, 0.5) is 0 Å². The van der Waals surface area contributed by atoms with E-state index in [9.17, 15) is 0 Å². The minimum absolute atomic E-state index is 0.0931. The average Bonchev–Trinajstić information content (AvgIpc) is 2.10. The molecule has 0 aromatic rings. The topological polar surface area (TPSA) is 60.7 Å². The zero-order valence-electron chi connectivity index (χ0n) is 5.16. The third-order valence-electron chi connectivity index (χ3n) is 1.61. The Labute approximate surface area is 56.1 Å². The summed E-state index contributed by atoms with van der Waals surface area (Å²) in [4.78, 5) is 0. The van der Waals surface area contributed by atoms with E-state index in [0.717, 1.165) is 6.42 Å². The molecule has 0 spiro atoms. The molecule has 1 atom stereocenters. The fraction of sp³-hybridized carbons (Fsp3) is 1.00. The molecule has 3 nitrogen and oxygen atoms in total. The van der Waals surface area contributed by atoms with Gasteiger partial charge in [-0.25, -0.2) is 0 Å². The van der Waals surface area contributed by atoms with Gasteiger partial charge in [0, 0.05) is 24.0 Å². The summed E-state index contributed by atoms with van der Waals surface area (Å²) in [7, 11) is -2.27. The van der Waals surface area contributed by atoms with E-state index in [1.807, 2.05) is 0 Å². The molecular weight excluding hydrogens is 140 g/mol. The lowest BCUT2D eigenvalue weighted by molar-refractivity contribution is 0.240. The van der Waals surface area contributed by atoms with Gasteiger partial charge >= 0.3 is 0 Å². The smallest absolute Gasteiger partial charge is 0.0474 e. The number of hydrogen-bond acceptors (Lipinski definition) is 3. The first-order chi connectivity index (χ1) is 4.14. The lowest BCUT2D eigenvalue weighted by Crippen LogP contribution is -2.06. The van der Waals surface area contributed by atoms with Gasteiger partial charge in [0.2, 0.25) is 0 Å². The average molecular weight is 152 g/mol. The Balaban J connectivity index is 2.38. The molecule has 1 heterocycles. The molecule has 0 bridgehead atoms. The van der Waals surface area contributed by atoms with Crippen LogP contribution in [0.25, 0.3) is 0 Å². The molecule has 0 aliphatic carbocycles. The Morgan fingerprint density at radius 3 is 2.33 bits per heavy atom. The monoisotopic (exact) mass is 152 g/mol. The van der Waals surface area contributed by atoms with Crippen LogP contribution >= 0.6 is 10.6 Å². The second-order valence-electron chi connectivity index (χ2n) is 2.51. The van der Waals surface area contributed by atoms with E-state index < -0.39 is 10.6 Å². The molecule has 1 aliphatic rings. The summed E-state index contributed by atoms with van der Waals surface area (Å²) in [5.41, 5.74) is 0. The van der Waals surface area contributed by atoms with Gasteiger partial charge in [-0.3, -0.25) is 9.11 Å². The lowest BCUT2D eigenvalue weighted by Gasteiger charge is -2.25. The van der Waals surface area contributed by atoms with E-state index in [-0.39, 0.29) is 12.5 Å². The van der Waals surface area contributed by atoms with Crippen molar-refractivity contribution in [2.75, 3.05) is 18.1 Å². The summed E-state index contributed by atoms with van der Waals surface area (Å²) in [6.45, 7) is 0.0931. The predicted octanol–water partition coefficient (Wildman–Crippen LogP) is 0.749. The summed E-state index contributed by atoms with van der Waals surface area (Å²) in [6.07, 6.45) is 0.763. The summed E-state index contributed by atoms with van der Waals surface area (Å²) in [6, 6.07) is 0. The number of aliphatic hydroxyl groups excluding tert-OH is 1. The summed E-state index contributed by atoms with van der Waals surface area (Å²) in [5.74, 6) is 1.02. The molecule has 0 aromatic heterocycles. The molecule has 0 saturated carbocycles. The Morgan fingerprint density at radius 2 is 2.11 bits per heavy atom. The van der Waals surface area contributed by atoms with E-state index in [1.54, 1.807) is 0 Å². The van der Waals surface area contributed by atoms with E-state index >= 15 is 0 Å². The SMILES string of the molecule is OCC1CCS(O)(O)C1.